The molecule has 29 heavy (non-hydrogen) atoms. The number of benzene rings is 1. The minimum atomic E-state index is -0.723. The first-order chi connectivity index (χ1) is 13.9. The van der Waals surface area contributed by atoms with Gasteiger partial charge < -0.3 is 15.1 Å². The first-order valence-electron chi connectivity index (χ1n) is 10.8. The van der Waals surface area contributed by atoms with Crippen molar-refractivity contribution in [2.24, 2.45) is 5.92 Å². The Hall–Kier alpha value is -1.95. The van der Waals surface area contributed by atoms with Crippen molar-refractivity contribution < 1.29 is 9.59 Å². The van der Waals surface area contributed by atoms with E-state index in [1.54, 1.807) is 0 Å². The molecule has 2 aliphatic heterocycles. The summed E-state index contributed by atoms with van der Waals surface area (Å²) in [6.45, 7) is 8.29. The van der Waals surface area contributed by atoms with Crippen LogP contribution in [0.25, 0.3) is 0 Å². The number of piperazine rings is 1. The van der Waals surface area contributed by atoms with Crippen molar-refractivity contribution in [3.05, 3.63) is 35.9 Å². The third-order valence-electron chi connectivity index (χ3n) is 6.10. The Bertz CT molecular complexity index is 742. The molecule has 3 rings (SSSR count). The SMILES string of the molecule is CCCN1C(=O)C(CC(C)C)NC(=O)C12CCN(C(=S)Cc1ccccc1)CC2. The van der Waals surface area contributed by atoms with E-state index in [4.69, 9.17) is 12.2 Å². The molecule has 2 amide bonds. The van der Waals surface area contributed by atoms with E-state index in [0.29, 0.717) is 44.8 Å². The van der Waals surface area contributed by atoms with Crippen molar-refractivity contribution in [1.29, 1.82) is 0 Å². The highest BCUT2D eigenvalue weighted by Crippen LogP contribution is 2.34. The van der Waals surface area contributed by atoms with Crippen LogP contribution >= 0.6 is 12.2 Å². The van der Waals surface area contributed by atoms with Gasteiger partial charge in [0.05, 0.1) is 4.99 Å². The van der Waals surface area contributed by atoms with Gasteiger partial charge in [-0.25, -0.2) is 0 Å². The number of nitrogens with one attached hydrogen (secondary N) is 1. The fourth-order valence-electron chi connectivity index (χ4n) is 4.56. The molecular weight excluding hydrogens is 382 g/mol. The molecule has 6 heteroatoms. The topological polar surface area (TPSA) is 52.7 Å². The maximum Gasteiger partial charge on any atom is 0.246 e. The predicted octanol–water partition coefficient (Wildman–Crippen LogP) is 3.17. The van der Waals surface area contributed by atoms with Gasteiger partial charge in [-0.05, 0) is 37.2 Å². The zero-order chi connectivity index (χ0) is 21.0. The molecule has 2 fully saturated rings. The van der Waals surface area contributed by atoms with E-state index in [9.17, 15) is 9.59 Å². The van der Waals surface area contributed by atoms with Crippen LogP contribution in [-0.2, 0) is 16.0 Å². The van der Waals surface area contributed by atoms with Gasteiger partial charge >= 0.3 is 0 Å². The molecular formula is C23H33N3O2S. The van der Waals surface area contributed by atoms with Crippen LogP contribution in [0.2, 0.25) is 0 Å². The van der Waals surface area contributed by atoms with Crippen molar-refractivity contribution in [2.75, 3.05) is 19.6 Å². The third kappa shape index (κ3) is 4.63. The van der Waals surface area contributed by atoms with E-state index in [1.165, 1.54) is 5.56 Å². The molecule has 1 aromatic rings. The molecule has 158 valence electrons. The Balaban J connectivity index is 1.70. The van der Waals surface area contributed by atoms with Crippen molar-refractivity contribution in [2.45, 2.75) is 64.5 Å². The lowest BCUT2D eigenvalue weighted by Gasteiger charge is -2.52. The van der Waals surface area contributed by atoms with Crippen molar-refractivity contribution in [3.8, 4) is 0 Å². The van der Waals surface area contributed by atoms with Crippen LogP contribution in [0.15, 0.2) is 30.3 Å². The van der Waals surface area contributed by atoms with Crippen LogP contribution in [0, 0.1) is 5.92 Å². The van der Waals surface area contributed by atoms with Gasteiger partial charge in [0.1, 0.15) is 11.6 Å². The van der Waals surface area contributed by atoms with Crippen molar-refractivity contribution >= 4 is 29.0 Å². The van der Waals surface area contributed by atoms with Crippen molar-refractivity contribution in [3.63, 3.8) is 0 Å². The summed E-state index contributed by atoms with van der Waals surface area (Å²) in [5.41, 5.74) is 0.479. The molecule has 0 aliphatic carbocycles. The van der Waals surface area contributed by atoms with Crippen LogP contribution in [-0.4, -0.2) is 57.8 Å². The number of rotatable bonds is 6. The molecule has 5 nitrogen and oxygen atoms in total. The largest absolute Gasteiger partial charge is 0.366 e. The maximum atomic E-state index is 13.2. The van der Waals surface area contributed by atoms with Gasteiger partial charge in [0.15, 0.2) is 0 Å². The molecule has 1 spiro atoms. The van der Waals surface area contributed by atoms with Gasteiger partial charge in [-0.15, -0.1) is 0 Å². The Morgan fingerprint density at radius 2 is 1.86 bits per heavy atom. The Morgan fingerprint density at radius 1 is 1.21 bits per heavy atom. The zero-order valence-corrected chi connectivity index (χ0v) is 18.6. The van der Waals surface area contributed by atoms with Crippen LogP contribution < -0.4 is 5.32 Å². The summed E-state index contributed by atoms with van der Waals surface area (Å²) in [4.78, 5) is 31.4. The number of amides is 2. The van der Waals surface area contributed by atoms with E-state index in [-0.39, 0.29) is 11.8 Å². The number of nitrogens with zero attached hydrogens (tertiary/aromatic N) is 2. The third-order valence-corrected chi connectivity index (χ3v) is 6.51. The van der Waals surface area contributed by atoms with E-state index >= 15 is 0 Å². The monoisotopic (exact) mass is 415 g/mol. The highest BCUT2D eigenvalue weighted by Gasteiger charge is 2.53. The molecule has 1 N–H and O–H groups in total. The summed E-state index contributed by atoms with van der Waals surface area (Å²) in [7, 11) is 0. The standard InChI is InChI=1S/C23H33N3O2S/c1-4-12-26-21(27)19(15-17(2)3)24-22(28)23(26)10-13-25(14-11-23)20(29)16-18-8-6-5-7-9-18/h5-9,17,19H,4,10-16H2,1-3H3,(H,24,28). The summed E-state index contributed by atoms with van der Waals surface area (Å²) < 4.78 is 0. The quantitative estimate of drug-likeness (QED) is 0.725. The molecule has 2 aliphatic rings. The normalized spacial score (nSPS) is 21.6. The number of thiocarbonyl (C=S) groups is 1. The molecule has 1 unspecified atom stereocenters. The summed E-state index contributed by atoms with van der Waals surface area (Å²) in [5, 5.41) is 3.05. The lowest BCUT2D eigenvalue weighted by Crippen LogP contribution is -2.73. The lowest BCUT2D eigenvalue weighted by molar-refractivity contribution is -0.161. The minimum Gasteiger partial charge on any atom is -0.366 e. The lowest BCUT2D eigenvalue weighted by atomic mass is 9.80. The average molecular weight is 416 g/mol. The van der Waals surface area contributed by atoms with Gasteiger partial charge in [0, 0.05) is 26.1 Å². The minimum absolute atomic E-state index is 0.0184. The first kappa shape index (κ1) is 21.8. The maximum absolute atomic E-state index is 13.2. The average Bonchev–Trinajstić information content (AvgIpc) is 2.70. The van der Waals surface area contributed by atoms with Crippen LogP contribution in [0.1, 0.15) is 52.0 Å². The van der Waals surface area contributed by atoms with Gasteiger partial charge in [-0.1, -0.05) is 63.3 Å². The molecule has 1 atom stereocenters. The summed E-state index contributed by atoms with van der Waals surface area (Å²) in [6, 6.07) is 9.84. The fourth-order valence-corrected chi connectivity index (χ4v) is 4.91. The van der Waals surface area contributed by atoms with E-state index in [2.05, 4.69) is 43.1 Å². The van der Waals surface area contributed by atoms with E-state index in [1.807, 2.05) is 23.1 Å². The Labute approximate surface area is 179 Å². The molecule has 2 saturated heterocycles. The molecule has 0 radical (unpaired) electrons. The number of carbonyl (C=O) groups is 2. The first-order valence-corrected chi connectivity index (χ1v) is 11.2. The molecule has 0 bridgehead atoms. The summed E-state index contributed by atoms with van der Waals surface area (Å²) in [6.07, 6.45) is 3.55. The van der Waals surface area contributed by atoms with Crippen LogP contribution in [0.5, 0.6) is 0 Å². The van der Waals surface area contributed by atoms with Gasteiger partial charge in [-0.2, -0.15) is 0 Å². The smallest absolute Gasteiger partial charge is 0.246 e. The molecule has 0 saturated carbocycles. The van der Waals surface area contributed by atoms with Gasteiger partial charge in [-0.3, -0.25) is 9.59 Å². The van der Waals surface area contributed by atoms with E-state index in [0.717, 1.165) is 17.8 Å². The van der Waals surface area contributed by atoms with Gasteiger partial charge in [0.25, 0.3) is 0 Å². The number of hydrogen-bond acceptors (Lipinski definition) is 3. The molecule has 0 aromatic heterocycles. The second kappa shape index (κ2) is 9.24. The Kier molecular flexibility index (Phi) is 6.93. The number of carbonyl (C=O) groups excluding carboxylic acids is 2. The van der Waals surface area contributed by atoms with Crippen LogP contribution in [0.3, 0.4) is 0 Å². The van der Waals surface area contributed by atoms with Crippen LogP contribution in [0.4, 0.5) is 0 Å². The molecule has 2 heterocycles. The second-order valence-corrected chi connectivity index (χ2v) is 9.19. The second-order valence-electron chi connectivity index (χ2n) is 8.72. The number of piperidine rings is 1. The highest BCUT2D eigenvalue weighted by molar-refractivity contribution is 7.80. The van der Waals surface area contributed by atoms with Crippen molar-refractivity contribution in [1.82, 2.24) is 15.1 Å². The van der Waals surface area contributed by atoms with E-state index < -0.39 is 11.6 Å². The number of likely N-dealkylation sites (tertiary alicyclic amines) is 1. The summed E-state index contributed by atoms with van der Waals surface area (Å²) in [5.74, 6) is 0.462. The highest BCUT2D eigenvalue weighted by atomic mass is 32.1. The Morgan fingerprint density at radius 3 is 2.45 bits per heavy atom. The summed E-state index contributed by atoms with van der Waals surface area (Å²) >= 11 is 5.69. The molecule has 1 aromatic carbocycles. The fraction of sp³-hybridized carbons (Fsp3) is 0.609. The van der Waals surface area contributed by atoms with Gasteiger partial charge in [0.2, 0.25) is 11.8 Å². The predicted molar refractivity (Wildman–Crippen MR) is 120 cm³/mol. The zero-order valence-electron chi connectivity index (χ0n) is 17.8. The number of hydrogen-bond donors (Lipinski definition) is 1.